The van der Waals surface area contributed by atoms with Gasteiger partial charge < -0.3 is 14.7 Å². The van der Waals surface area contributed by atoms with Gasteiger partial charge in [0.15, 0.2) is 0 Å². The maximum atomic E-state index is 12.5. The van der Waals surface area contributed by atoms with Gasteiger partial charge in [-0.1, -0.05) is 19.9 Å². The van der Waals surface area contributed by atoms with E-state index < -0.39 is 5.97 Å². The van der Waals surface area contributed by atoms with Crippen molar-refractivity contribution in [1.82, 2.24) is 4.90 Å². The van der Waals surface area contributed by atoms with Gasteiger partial charge in [0.05, 0.1) is 6.61 Å². The minimum Gasteiger partial charge on any atom is -0.493 e. The average molecular weight is 291 g/mol. The van der Waals surface area contributed by atoms with Gasteiger partial charge in [0, 0.05) is 11.6 Å². The van der Waals surface area contributed by atoms with Crippen molar-refractivity contribution in [3.63, 3.8) is 0 Å². The van der Waals surface area contributed by atoms with E-state index in [0.717, 1.165) is 12.8 Å². The fraction of sp³-hybridized carbons (Fsp3) is 0.500. The highest BCUT2D eigenvalue weighted by Crippen LogP contribution is 2.28. The highest BCUT2D eigenvalue weighted by atomic mass is 16.5. The molecule has 5 nitrogen and oxygen atoms in total. The lowest BCUT2D eigenvalue weighted by molar-refractivity contribution is -0.137. The summed E-state index contributed by atoms with van der Waals surface area (Å²) in [5.74, 6) is -0.183. The van der Waals surface area contributed by atoms with E-state index in [1.54, 1.807) is 24.3 Å². The van der Waals surface area contributed by atoms with Crippen LogP contribution in [0.15, 0.2) is 24.3 Å². The number of benzene rings is 1. The van der Waals surface area contributed by atoms with E-state index in [4.69, 9.17) is 9.84 Å². The number of amides is 1. The Balaban J connectivity index is 2.10. The number of carboxylic acids is 1. The molecule has 21 heavy (non-hydrogen) atoms. The molecule has 0 radical (unpaired) electrons. The van der Waals surface area contributed by atoms with Gasteiger partial charge >= 0.3 is 5.97 Å². The number of hydrogen-bond acceptors (Lipinski definition) is 3. The first kappa shape index (κ1) is 15.4. The van der Waals surface area contributed by atoms with Crippen molar-refractivity contribution in [2.45, 2.75) is 32.7 Å². The van der Waals surface area contributed by atoms with E-state index in [1.165, 1.54) is 4.90 Å². The van der Waals surface area contributed by atoms with Crippen molar-refractivity contribution in [3.05, 3.63) is 29.8 Å². The number of nitrogens with zero attached hydrogens (tertiary/aromatic N) is 1. The summed E-state index contributed by atoms with van der Waals surface area (Å²) in [7, 11) is 0. The summed E-state index contributed by atoms with van der Waals surface area (Å²) in [5, 5.41) is 8.94. The van der Waals surface area contributed by atoms with Crippen molar-refractivity contribution >= 4 is 11.9 Å². The highest BCUT2D eigenvalue weighted by Gasteiger charge is 2.34. The Hall–Kier alpha value is -2.04. The Morgan fingerprint density at radius 2 is 2.10 bits per heavy atom. The van der Waals surface area contributed by atoms with Gasteiger partial charge in [-0.15, -0.1) is 0 Å². The summed E-state index contributed by atoms with van der Waals surface area (Å²) in [4.78, 5) is 24.8. The van der Waals surface area contributed by atoms with Gasteiger partial charge in [0.25, 0.3) is 5.91 Å². The summed E-state index contributed by atoms with van der Waals surface area (Å²) < 4.78 is 5.61. The zero-order valence-electron chi connectivity index (χ0n) is 12.4. The lowest BCUT2D eigenvalue weighted by atomic mass is 10.1. The minimum absolute atomic E-state index is 0.0637. The van der Waals surface area contributed by atoms with Crippen molar-refractivity contribution in [3.8, 4) is 5.75 Å². The molecule has 0 saturated heterocycles. The molecule has 1 saturated carbocycles. The number of carbonyl (C=O) groups excluding carboxylic acids is 1. The second-order valence-corrected chi connectivity index (χ2v) is 5.79. The molecule has 1 aromatic rings. The fourth-order valence-electron chi connectivity index (χ4n) is 2.05. The van der Waals surface area contributed by atoms with Gasteiger partial charge in [0.2, 0.25) is 0 Å². The second-order valence-electron chi connectivity index (χ2n) is 5.79. The maximum Gasteiger partial charge on any atom is 0.323 e. The molecule has 0 heterocycles. The van der Waals surface area contributed by atoms with Crippen LogP contribution in [0.5, 0.6) is 5.75 Å². The Kier molecular flexibility index (Phi) is 4.83. The van der Waals surface area contributed by atoms with E-state index >= 15 is 0 Å². The Morgan fingerprint density at radius 3 is 2.67 bits per heavy atom. The number of aliphatic carboxylic acids is 1. The Labute approximate surface area is 124 Å². The van der Waals surface area contributed by atoms with Crippen LogP contribution in [-0.4, -0.2) is 41.1 Å². The zero-order chi connectivity index (χ0) is 15.4. The molecule has 0 atom stereocenters. The maximum absolute atomic E-state index is 12.5. The topological polar surface area (TPSA) is 66.8 Å². The van der Waals surface area contributed by atoms with Crippen molar-refractivity contribution in [2.24, 2.45) is 5.92 Å². The second kappa shape index (κ2) is 6.61. The number of hydrogen-bond donors (Lipinski definition) is 1. The molecular formula is C16H21NO4. The van der Waals surface area contributed by atoms with Crippen molar-refractivity contribution in [2.75, 3.05) is 13.2 Å². The summed E-state index contributed by atoms with van der Waals surface area (Å²) in [6, 6.07) is 7.00. The normalized spacial score (nSPS) is 14.0. The molecule has 1 amide bonds. The number of ether oxygens (including phenoxy) is 1. The molecule has 1 fully saturated rings. The summed E-state index contributed by atoms with van der Waals surface area (Å²) in [5.41, 5.74) is 0.476. The lowest BCUT2D eigenvalue weighted by Crippen LogP contribution is -2.37. The number of rotatable bonds is 7. The Morgan fingerprint density at radius 1 is 1.38 bits per heavy atom. The highest BCUT2D eigenvalue weighted by molar-refractivity contribution is 5.96. The summed E-state index contributed by atoms with van der Waals surface area (Å²) >= 11 is 0. The molecule has 0 unspecified atom stereocenters. The lowest BCUT2D eigenvalue weighted by Gasteiger charge is -2.20. The third-order valence-electron chi connectivity index (χ3n) is 3.22. The first-order valence-corrected chi connectivity index (χ1v) is 7.23. The molecule has 1 aliphatic rings. The summed E-state index contributed by atoms with van der Waals surface area (Å²) in [6.45, 7) is 4.44. The van der Waals surface area contributed by atoms with E-state index in [-0.39, 0.29) is 18.5 Å². The zero-order valence-corrected chi connectivity index (χ0v) is 12.4. The minimum atomic E-state index is -0.984. The van der Waals surface area contributed by atoms with E-state index in [2.05, 4.69) is 13.8 Å². The largest absolute Gasteiger partial charge is 0.493 e. The van der Waals surface area contributed by atoms with Gasteiger partial charge in [-0.3, -0.25) is 9.59 Å². The third-order valence-corrected chi connectivity index (χ3v) is 3.22. The third kappa shape index (κ3) is 4.48. The first-order valence-electron chi connectivity index (χ1n) is 7.23. The molecule has 5 heteroatoms. The molecule has 0 spiro atoms. The molecule has 1 N–H and O–H groups in total. The quantitative estimate of drug-likeness (QED) is 0.837. The van der Waals surface area contributed by atoms with E-state index in [9.17, 15) is 9.59 Å². The number of carbonyl (C=O) groups is 2. The molecular weight excluding hydrogens is 270 g/mol. The van der Waals surface area contributed by atoms with Gasteiger partial charge in [-0.25, -0.2) is 0 Å². The molecule has 1 aromatic carbocycles. The molecule has 2 rings (SSSR count). The van der Waals surface area contributed by atoms with Crippen LogP contribution in [-0.2, 0) is 4.79 Å². The standard InChI is InChI=1S/C16H21NO4/c1-11(2)10-21-14-5-3-4-12(8-14)16(20)17(9-15(18)19)13-6-7-13/h3-5,8,11,13H,6-7,9-10H2,1-2H3,(H,18,19). The van der Waals surface area contributed by atoms with Gasteiger partial charge in [-0.05, 0) is 37.0 Å². The predicted molar refractivity (Wildman–Crippen MR) is 78.5 cm³/mol. The van der Waals surface area contributed by atoms with Gasteiger partial charge in [0.1, 0.15) is 12.3 Å². The molecule has 0 bridgehead atoms. The molecule has 114 valence electrons. The molecule has 0 aromatic heterocycles. The SMILES string of the molecule is CC(C)COc1cccc(C(=O)N(CC(=O)O)C2CC2)c1. The van der Waals surface area contributed by atoms with Crippen LogP contribution in [0.4, 0.5) is 0 Å². The summed E-state index contributed by atoms with van der Waals surface area (Å²) in [6.07, 6.45) is 1.76. The van der Waals surface area contributed by atoms with Crippen LogP contribution in [0.3, 0.4) is 0 Å². The average Bonchev–Trinajstić information content (AvgIpc) is 3.26. The van der Waals surface area contributed by atoms with Crippen molar-refractivity contribution < 1.29 is 19.4 Å². The first-order chi connectivity index (χ1) is 9.97. The predicted octanol–water partition coefficient (Wildman–Crippen LogP) is 2.41. The van der Waals surface area contributed by atoms with Crippen LogP contribution < -0.4 is 4.74 Å². The van der Waals surface area contributed by atoms with E-state index in [1.807, 2.05) is 0 Å². The fourth-order valence-corrected chi connectivity index (χ4v) is 2.05. The van der Waals surface area contributed by atoms with Crippen molar-refractivity contribution in [1.29, 1.82) is 0 Å². The smallest absolute Gasteiger partial charge is 0.323 e. The molecule has 0 aliphatic heterocycles. The van der Waals surface area contributed by atoms with Crippen LogP contribution in [0.2, 0.25) is 0 Å². The molecule has 1 aliphatic carbocycles. The van der Waals surface area contributed by atoms with Crippen LogP contribution in [0.1, 0.15) is 37.0 Å². The van der Waals surface area contributed by atoms with Gasteiger partial charge in [-0.2, -0.15) is 0 Å². The monoisotopic (exact) mass is 291 g/mol. The van der Waals surface area contributed by atoms with E-state index in [0.29, 0.717) is 23.8 Å². The van der Waals surface area contributed by atoms with Crippen LogP contribution in [0.25, 0.3) is 0 Å². The van der Waals surface area contributed by atoms with Crippen LogP contribution >= 0.6 is 0 Å². The Bertz CT molecular complexity index is 523. The van der Waals surface area contributed by atoms with Crippen LogP contribution in [0, 0.1) is 5.92 Å². The number of carboxylic acid groups (broad SMARTS) is 1.